The van der Waals surface area contributed by atoms with Crippen molar-refractivity contribution in [1.82, 2.24) is 0 Å². The van der Waals surface area contributed by atoms with E-state index in [0.717, 1.165) is 25.7 Å². The first-order valence-corrected chi connectivity index (χ1v) is 18.7. The Hall–Kier alpha value is -1.32. The van der Waals surface area contributed by atoms with Gasteiger partial charge in [-0.25, -0.2) is 0 Å². The predicted molar refractivity (Wildman–Crippen MR) is 181 cm³/mol. The molecule has 0 amide bonds. The van der Waals surface area contributed by atoms with E-state index >= 15 is 0 Å². The van der Waals surface area contributed by atoms with E-state index in [9.17, 15) is 9.59 Å². The van der Waals surface area contributed by atoms with E-state index in [1.165, 1.54) is 148 Å². The molecule has 0 heterocycles. The van der Waals surface area contributed by atoms with Crippen LogP contribution in [-0.2, 0) is 14.3 Å². The number of unbranched alkanes of at least 4 members (excludes halogenated alkanes) is 23. The van der Waals surface area contributed by atoms with Gasteiger partial charge in [0.15, 0.2) is 0 Å². The van der Waals surface area contributed by atoms with Crippen LogP contribution in [0.4, 0.5) is 0 Å². The summed E-state index contributed by atoms with van der Waals surface area (Å²) in [7, 11) is 0. The average molecular weight is 593 g/mol. The van der Waals surface area contributed by atoms with Gasteiger partial charge in [0.05, 0.1) is 0 Å². The molecule has 0 fully saturated rings. The van der Waals surface area contributed by atoms with Gasteiger partial charge in [0.2, 0.25) is 0 Å². The van der Waals surface area contributed by atoms with Gasteiger partial charge in [0, 0.05) is 12.8 Å². The largest absolute Gasteiger partial charge is 0.481 e. The van der Waals surface area contributed by atoms with E-state index in [0.29, 0.717) is 19.3 Å². The first-order chi connectivity index (χ1) is 20.6. The summed E-state index contributed by atoms with van der Waals surface area (Å²) in [6, 6.07) is 0. The summed E-state index contributed by atoms with van der Waals surface area (Å²) in [5, 5.41) is 9.00. The Morgan fingerprint density at radius 2 is 0.881 bits per heavy atom. The van der Waals surface area contributed by atoms with Crippen molar-refractivity contribution in [2.24, 2.45) is 0 Å². The normalized spacial score (nSPS) is 12.2. The Morgan fingerprint density at radius 3 is 1.33 bits per heavy atom. The smallest absolute Gasteiger partial charge is 0.306 e. The molecule has 1 unspecified atom stereocenters. The molecular weight excluding hydrogens is 520 g/mol. The maximum absolute atomic E-state index is 12.5. The summed E-state index contributed by atoms with van der Waals surface area (Å²) in [5.74, 6) is -0.864. The number of carbonyl (C=O) groups excluding carboxylic acids is 1. The molecule has 0 aromatic rings. The molecule has 0 aromatic carbocycles. The summed E-state index contributed by atoms with van der Waals surface area (Å²) in [5.41, 5.74) is 0. The molecule has 0 rings (SSSR count). The van der Waals surface area contributed by atoms with Gasteiger partial charge < -0.3 is 9.84 Å². The van der Waals surface area contributed by atoms with Gasteiger partial charge in [-0.1, -0.05) is 154 Å². The van der Waals surface area contributed by atoms with E-state index in [2.05, 4.69) is 26.0 Å². The molecule has 1 N–H and O–H groups in total. The maximum Gasteiger partial charge on any atom is 0.306 e. The highest BCUT2D eigenvalue weighted by molar-refractivity contribution is 5.69. The number of hydrogen-bond donors (Lipinski definition) is 1. The molecule has 0 spiro atoms. The second kappa shape index (κ2) is 34.2. The van der Waals surface area contributed by atoms with Gasteiger partial charge >= 0.3 is 11.9 Å². The van der Waals surface area contributed by atoms with Gasteiger partial charge in [-0.05, 0) is 57.8 Å². The van der Waals surface area contributed by atoms with Gasteiger partial charge in [-0.2, -0.15) is 0 Å². The zero-order valence-electron chi connectivity index (χ0n) is 28.3. The minimum absolute atomic E-state index is 0.0948. The molecule has 0 radical (unpaired) electrons. The van der Waals surface area contributed by atoms with Gasteiger partial charge in [0.25, 0.3) is 0 Å². The molecule has 0 aromatic heterocycles. The highest BCUT2D eigenvalue weighted by Gasteiger charge is 2.15. The Bertz CT molecular complexity index is 600. The molecular formula is C38H72O4. The summed E-state index contributed by atoms with van der Waals surface area (Å²) in [4.78, 5) is 23.4. The molecule has 248 valence electrons. The highest BCUT2D eigenvalue weighted by atomic mass is 16.5. The quantitative estimate of drug-likeness (QED) is 0.0458. The first kappa shape index (κ1) is 40.7. The van der Waals surface area contributed by atoms with Crippen LogP contribution in [0.25, 0.3) is 0 Å². The minimum Gasteiger partial charge on any atom is -0.481 e. The van der Waals surface area contributed by atoms with Crippen LogP contribution in [0.1, 0.15) is 213 Å². The zero-order valence-corrected chi connectivity index (χ0v) is 28.3. The van der Waals surface area contributed by atoms with Gasteiger partial charge in [-0.3, -0.25) is 9.59 Å². The predicted octanol–water partition coefficient (Wildman–Crippen LogP) is 12.7. The lowest BCUT2D eigenvalue weighted by Crippen LogP contribution is -2.18. The third-order valence-electron chi connectivity index (χ3n) is 8.49. The van der Waals surface area contributed by atoms with Crippen molar-refractivity contribution in [2.45, 2.75) is 219 Å². The standard InChI is InChI=1S/C38H72O4/c1-3-5-7-9-11-13-15-17-18-20-22-24-26-28-30-35-38(41)42-36(33-31-34-37(39)40)32-29-27-25-23-21-19-16-14-12-10-8-6-4-2/h17-18,36H,3-16,19-35H2,1-2H3,(H,39,40)/b18-17-. The Morgan fingerprint density at radius 1 is 0.500 bits per heavy atom. The summed E-state index contributed by atoms with van der Waals surface area (Å²) >= 11 is 0. The van der Waals surface area contributed by atoms with Crippen molar-refractivity contribution < 1.29 is 19.4 Å². The van der Waals surface area contributed by atoms with Crippen LogP contribution >= 0.6 is 0 Å². The van der Waals surface area contributed by atoms with Crippen LogP contribution in [0, 0.1) is 0 Å². The van der Waals surface area contributed by atoms with Crippen molar-refractivity contribution in [1.29, 1.82) is 0 Å². The highest BCUT2D eigenvalue weighted by Crippen LogP contribution is 2.18. The third kappa shape index (κ3) is 33.2. The molecule has 42 heavy (non-hydrogen) atoms. The number of hydrogen-bond acceptors (Lipinski definition) is 3. The minimum atomic E-state index is -0.769. The molecule has 0 bridgehead atoms. The Labute approximate surface area is 262 Å². The van der Waals surface area contributed by atoms with E-state index in [1.807, 2.05) is 0 Å². The lowest BCUT2D eigenvalue weighted by atomic mass is 10.0. The fourth-order valence-corrected chi connectivity index (χ4v) is 5.72. The molecule has 0 saturated carbocycles. The molecule has 0 aliphatic heterocycles. The van der Waals surface area contributed by atoms with Crippen LogP contribution in [0.3, 0.4) is 0 Å². The number of esters is 1. The SMILES string of the molecule is CCCCCCCC/C=C\CCCCCCCC(=O)OC(CCCCCCCCCCCCCCC)CCCC(=O)O. The molecule has 0 saturated heterocycles. The van der Waals surface area contributed by atoms with Crippen LogP contribution in [0.5, 0.6) is 0 Å². The van der Waals surface area contributed by atoms with Gasteiger partial charge in [-0.15, -0.1) is 0 Å². The fourth-order valence-electron chi connectivity index (χ4n) is 5.72. The molecule has 4 heteroatoms. The molecule has 0 aliphatic rings. The maximum atomic E-state index is 12.5. The Balaban J connectivity index is 3.82. The van der Waals surface area contributed by atoms with Gasteiger partial charge in [0.1, 0.15) is 6.10 Å². The fraction of sp³-hybridized carbons (Fsp3) is 0.895. The number of allylic oxidation sites excluding steroid dienone is 2. The number of aliphatic carboxylic acids is 1. The average Bonchev–Trinajstić information content (AvgIpc) is 2.97. The van der Waals surface area contributed by atoms with E-state index in [-0.39, 0.29) is 18.5 Å². The number of carbonyl (C=O) groups is 2. The number of carboxylic acid groups (broad SMARTS) is 1. The van der Waals surface area contributed by atoms with Crippen molar-refractivity contribution in [3.8, 4) is 0 Å². The third-order valence-corrected chi connectivity index (χ3v) is 8.49. The van der Waals surface area contributed by atoms with Crippen molar-refractivity contribution in [3.63, 3.8) is 0 Å². The second-order valence-corrected chi connectivity index (χ2v) is 12.8. The molecule has 4 nitrogen and oxygen atoms in total. The summed E-state index contributed by atoms with van der Waals surface area (Å²) in [6.07, 6.45) is 40.8. The van der Waals surface area contributed by atoms with Crippen LogP contribution in [0.15, 0.2) is 12.2 Å². The summed E-state index contributed by atoms with van der Waals surface area (Å²) < 4.78 is 5.82. The zero-order chi connectivity index (χ0) is 30.8. The number of ether oxygens (including phenoxy) is 1. The van der Waals surface area contributed by atoms with E-state index in [1.54, 1.807) is 0 Å². The van der Waals surface area contributed by atoms with Crippen LogP contribution in [-0.4, -0.2) is 23.1 Å². The van der Waals surface area contributed by atoms with Crippen molar-refractivity contribution in [2.75, 3.05) is 0 Å². The molecule has 0 aliphatic carbocycles. The lowest BCUT2D eigenvalue weighted by molar-refractivity contribution is -0.150. The van der Waals surface area contributed by atoms with Crippen molar-refractivity contribution in [3.05, 3.63) is 12.2 Å². The topological polar surface area (TPSA) is 63.6 Å². The Kier molecular flexibility index (Phi) is 33.1. The van der Waals surface area contributed by atoms with Crippen molar-refractivity contribution >= 4 is 11.9 Å². The van der Waals surface area contributed by atoms with E-state index in [4.69, 9.17) is 9.84 Å². The summed E-state index contributed by atoms with van der Waals surface area (Å²) in [6.45, 7) is 4.54. The van der Waals surface area contributed by atoms with Crippen LogP contribution < -0.4 is 0 Å². The second-order valence-electron chi connectivity index (χ2n) is 12.8. The molecule has 1 atom stereocenters. The number of carboxylic acids is 1. The monoisotopic (exact) mass is 593 g/mol. The van der Waals surface area contributed by atoms with E-state index < -0.39 is 5.97 Å². The lowest BCUT2D eigenvalue weighted by Gasteiger charge is -2.18. The number of rotatable bonds is 34. The first-order valence-electron chi connectivity index (χ1n) is 18.7. The van der Waals surface area contributed by atoms with Crippen LogP contribution in [0.2, 0.25) is 0 Å².